The second kappa shape index (κ2) is 5.48. The van der Waals surface area contributed by atoms with Crippen LogP contribution in [0.2, 0.25) is 0 Å². The number of imidazole rings is 1. The lowest BCUT2D eigenvalue weighted by molar-refractivity contribution is -0.123. The Labute approximate surface area is 124 Å². The summed E-state index contributed by atoms with van der Waals surface area (Å²) in [7, 11) is 0. The summed E-state index contributed by atoms with van der Waals surface area (Å²) in [6.45, 7) is 6.69. The van der Waals surface area contributed by atoms with Crippen molar-refractivity contribution < 1.29 is 4.79 Å². The van der Waals surface area contributed by atoms with Gasteiger partial charge in [-0.25, -0.2) is 4.98 Å². The number of aromatic amines is 1. The summed E-state index contributed by atoms with van der Waals surface area (Å²) in [5.74, 6) is 0.756. The van der Waals surface area contributed by atoms with Gasteiger partial charge in [0, 0.05) is 6.54 Å². The number of H-pyrrole nitrogens is 1. The number of aryl methyl sites for hydroxylation is 2. The molecule has 2 heterocycles. The van der Waals surface area contributed by atoms with Gasteiger partial charge in [-0.05, 0) is 50.4 Å². The van der Waals surface area contributed by atoms with E-state index in [2.05, 4.69) is 35.9 Å². The fourth-order valence-electron chi connectivity index (χ4n) is 3.08. The third-order valence-corrected chi connectivity index (χ3v) is 4.51. The first-order chi connectivity index (χ1) is 10.0. The Morgan fingerprint density at radius 2 is 2.29 bits per heavy atom. The van der Waals surface area contributed by atoms with Crippen LogP contribution < -0.4 is 5.73 Å². The molecule has 0 radical (unpaired) electrons. The van der Waals surface area contributed by atoms with Crippen molar-refractivity contribution in [1.82, 2.24) is 14.9 Å². The summed E-state index contributed by atoms with van der Waals surface area (Å²) in [4.78, 5) is 21.7. The number of amides is 1. The van der Waals surface area contributed by atoms with Crippen LogP contribution in [0.25, 0.3) is 11.0 Å². The van der Waals surface area contributed by atoms with Gasteiger partial charge in [0.25, 0.3) is 0 Å². The van der Waals surface area contributed by atoms with Gasteiger partial charge in [0.1, 0.15) is 5.82 Å². The maximum absolute atomic E-state index is 11.3. The van der Waals surface area contributed by atoms with Crippen molar-refractivity contribution >= 4 is 16.9 Å². The molecule has 1 saturated heterocycles. The number of carbonyl (C=O) groups is 1. The van der Waals surface area contributed by atoms with Crippen molar-refractivity contribution in [2.24, 2.45) is 11.7 Å². The highest BCUT2D eigenvalue weighted by Crippen LogP contribution is 2.21. The Morgan fingerprint density at radius 1 is 1.48 bits per heavy atom. The van der Waals surface area contributed by atoms with E-state index in [-0.39, 0.29) is 11.8 Å². The molecule has 1 aromatic heterocycles. The lowest BCUT2D eigenvalue weighted by atomic mass is 9.97. The maximum atomic E-state index is 11.3. The number of nitrogens with one attached hydrogen (secondary N) is 1. The Balaban J connectivity index is 1.79. The third-order valence-electron chi connectivity index (χ3n) is 4.51. The zero-order chi connectivity index (χ0) is 15.0. The van der Waals surface area contributed by atoms with Gasteiger partial charge in [-0.2, -0.15) is 0 Å². The van der Waals surface area contributed by atoms with Crippen LogP contribution in [0.1, 0.15) is 29.8 Å². The second-order valence-corrected chi connectivity index (χ2v) is 6.06. The van der Waals surface area contributed by atoms with Crippen LogP contribution in [-0.4, -0.2) is 33.9 Å². The average molecular weight is 286 g/mol. The maximum Gasteiger partial charge on any atom is 0.221 e. The van der Waals surface area contributed by atoms with E-state index in [1.165, 1.54) is 11.1 Å². The zero-order valence-electron chi connectivity index (χ0n) is 12.6. The normalized spacial score (nSPS) is 20.0. The summed E-state index contributed by atoms with van der Waals surface area (Å²) in [6.07, 6.45) is 1.93. The molecule has 1 amide bonds. The SMILES string of the molecule is Cc1ccc2[nH]c(CN3CCC[C@@H](C(N)=O)C3)nc2c1C. The van der Waals surface area contributed by atoms with Crippen molar-refractivity contribution in [2.45, 2.75) is 33.2 Å². The Bertz CT molecular complexity index is 676. The molecule has 1 aromatic carbocycles. The lowest BCUT2D eigenvalue weighted by Crippen LogP contribution is -2.40. The molecule has 1 aliphatic rings. The minimum absolute atomic E-state index is 0.0212. The molecule has 0 bridgehead atoms. The fraction of sp³-hybridized carbons (Fsp3) is 0.500. The van der Waals surface area contributed by atoms with Crippen LogP contribution >= 0.6 is 0 Å². The molecule has 1 atom stereocenters. The second-order valence-electron chi connectivity index (χ2n) is 6.06. The Morgan fingerprint density at radius 3 is 3.05 bits per heavy atom. The first-order valence-corrected chi connectivity index (χ1v) is 7.51. The van der Waals surface area contributed by atoms with Gasteiger partial charge in [-0.3, -0.25) is 9.69 Å². The number of fused-ring (bicyclic) bond motifs is 1. The number of carbonyl (C=O) groups excluding carboxylic acids is 1. The van der Waals surface area contributed by atoms with Crippen LogP contribution in [0.4, 0.5) is 0 Å². The highest BCUT2D eigenvalue weighted by atomic mass is 16.1. The summed E-state index contributed by atoms with van der Waals surface area (Å²) < 4.78 is 0. The van der Waals surface area contributed by atoms with Gasteiger partial charge < -0.3 is 10.7 Å². The molecule has 21 heavy (non-hydrogen) atoms. The molecule has 5 heteroatoms. The number of likely N-dealkylation sites (tertiary alicyclic amines) is 1. The zero-order valence-corrected chi connectivity index (χ0v) is 12.6. The van der Waals surface area contributed by atoms with Crippen molar-refractivity contribution in [1.29, 1.82) is 0 Å². The van der Waals surface area contributed by atoms with Crippen LogP contribution in [0.3, 0.4) is 0 Å². The highest BCUT2D eigenvalue weighted by Gasteiger charge is 2.24. The molecule has 3 rings (SSSR count). The number of hydrogen-bond donors (Lipinski definition) is 2. The monoisotopic (exact) mass is 286 g/mol. The molecule has 0 spiro atoms. The van der Waals surface area contributed by atoms with Crippen LogP contribution in [0.5, 0.6) is 0 Å². The van der Waals surface area contributed by atoms with E-state index < -0.39 is 0 Å². The molecular formula is C16H22N4O. The number of piperidine rings is 1. The number of nitrogens with two attached hydrogens (primary N) is 1. The summed E-state index contributed by atoms with van der Waals surface area (Å²) in [6, 6.07) is 4.19. The summed E-state index contributed by atoms with van der Waals surface area (Å²) in [5.41, 5.74) is 10.0. The molecule has 0 aliphatic carbocycles. The smallest absolute Gasteiger partial charge is 0.221 e. The van der Waals surface area contributed by atoms with Crippen molar-refractivity contribution in [2.75, 3.05) is 13.1 Å². The topological polar surface area (TPSA) is 75.0 Å². The molecule has 3 N–H and O–H groups in total. The van der Waals surface area contributed by atoms with Gasteiger partial charge in [0.05, 0.1) is 23.5 Å². The molecule has 112 valence electrons. The lowest BCUT2D eigenvalue weighted by Gasteiger charge is -2.30. The van der Waals surface area contributed by atoms with Crippen LogP contribution in [0, 0.1) is 19.8 Å². The van der Waals surface area contributed by atoms with Gasteiger partial charge in [-0.15, -0.1) is 0 Å². The van der Waals surface area contributed by atoms with Gasteiger partial charge in [0.2, 0.25) is 5.91 Å². The summed E-state index contributed by atoms with van der Waals surface area (Å²) in [5, 5.41) is 0. The highest BCUT2D eigenvalue weighted by molar-refractivity contribution is 5.80. The fourth-order valence-corrected chi connectivity index (χ4v) is 3.08. The minimum atomic E-state index is -0.184. The molecule has 2 aromatic rings. The molecule has 1 aliphatic heterocycles. The first-order valence-electron chi connectivity index (χ1n) is 7.51. The van der Waals surface area contributed by atoms with Gasteiger partial charge in [-0.1, -0.05) is 6.07 Å². The third kappa shape index (κ3) is 2.78. The Hall–Kier alpha value is -1.88. The van der Waals surface area contributed by atoms with Gasteiger partial charge >= 0.3 is 0 Å². The first kappa shape index (κ1) is 14.1. The standard InChI is InChI=1S/C16H22N4O/c1-10-5-6-13-15(11(10)2)19-14(18-13)9-20-7-3-4-12(8-20)16(17)21/h5-6,12H,3-4,7-9H2,1-2H3,(H2,17,21)(H,18,19)/t12-/m1/s1. The van der Waals surface area contributed by atoms with E-state index in [4.69, 9.17) is 10.7 Å². The predicted molar refractivity (Wildman–Crippen MR) is 82.8 cm³/mol. The predicted octanol–water partition coefficient (Wildman–Crippen LogP) is 1.88. The largest absolute Gasteiger partial charge is 0.369 e. The van der Waals surface area contributed by atoms with E-state index in [9.17, 15) is 4.79 Å². The van der Waals surface area contributed by atoms with E-state index in [0.717, 1.165) is 49.3 Å². The number of aromatic nitrogens is 2. The quantitative estimate of drug-likeness (QED) is 0.904. The van der Waals surface area contributed by atoms with E-state index in [1.807, 2.05) is 0 Å². The van der Waals surface area contributed by atoms with Crippen LogP contribution in [0.15, 0.2) is 12.1 Å². The molecule has 5 nitrogen and oxygen atoms in total. The average Bonchev–Trinajstić information content (AvgIpc) is 2.87. The van der Waals surface area contributed by atoms with E-state index in [1.54, 1.807) is 0 Å². The number of rotatable bonds is 3. The number of nitrogens with zero attached hydrogens (tertiary/aromatic N) is 2. The number of benzene rings is 1. The van der Waals surface area contributed by atoms with Gasteiger partial charge in [0.15, 0.2) is 0 Å². The van der Waals surface area contributed by atoms with E-state index in [0.29, 0.717) is 0 Å². The molecule has 0 saturated carbocycles. The minimum Gasteiger partial charge on any atom is -0.369 e. The van der Waals surface area contributed by atoms with Crippen molar-refractivity contribution in [3.63, 3.8) is 0 Å². The number of primary amides is 1. The van der Waals surface area contributed by atoms with E-state index >= 15 is 0 Å². The van der Waals surface area contributed by atoms with Crippen molar-refractivity contribution in [3.05, 3.63) is 29.1 Å². The summed E-state index contributed by atoms with van der Waals surface area (Å²) >= 11 is 0. The van der Waals surface area contributed by atoms with Crippen LogP contribution in [-0.2, 0) is 11.3 Å². The molecular weight excluding hydrogens is 264 g/mol. The Kier molecular flexibility index (Phi) is 3.68. The molecule has 0 unspecified atom stereocenters. The molecule has 1 fully saturated rings. The number of hydrogen-bond acceptors (Lipinski definition) is 3. The van der Waals surface area contributed by atoms with Crippen molar-refractivity contribution in [3.8, 4) is 0 Å².